The van der Waals surface area contributed by atoms with Gasteiger partial charge in [0, 0.05) is 29.6 Å². The summed E-state index contributed by atoms with van der Waals surface area (Å²) in [5, 5.41) is 0. The van der Waals surface area contributed by atoms with Crippen LogP contribution in [0.25, 0.3) is 22.5 Å². The number of imidazole rings is 1. The van der Waals surface area contributed by atoms with Crippen molar-refractivity contribution in [3.05, 3.63) is 138 Å². The number of unbranched alkanes of at least 4 members (excludes halogenated alkanes) is 1. The summed E-state index contributed by atoms with van der Waals surface area (Å²) in [6.45, 7) is 6.33. The highest BCUT2D eigenvalue weighted by Crippen LogP contribution is 2.40. The van der Waals surface area contributed by atoms with Gasteiger partial charge in [0.15, 0.2) is 5.82 Å². The van der Waals surface area contributed by atoms with Crippen molar-refractivity contribution >= 4 is 0 Å². The summed E-state index contributed by atoms with van der Waals surface area (Å²) < 4.78 is 15.4. The van der Waals surface area contributed by atoms with E-state index in [1.807, 2.05) is 6.07 Å². The lowest BCUT2D eigenvalue weighted by molar-refractivity contribution is -0.236. The zero-order chi connectivity index (χ0) is 30.2. The van der Waals surface area contributed by atoms with Gasteiger partial charge >= 0.3 is 0 Å². The molecule has 0 atom stereocenters. The second kappa shape index (κ2) is 14.2. The van der Waals surface area contributed by atoms with Crippen LogP contribution < -0.4 is 0 Å². The van der Waals surface area contributed by atoms with Crippen molar-refractivity contribution in [3.8, 4) is 22.5 Å². The van der Waals surface area contributed by atoms with Crippen LogP contribution in [0.5, 0.6) is 0 Å². The highest BCUT2D eigenvalue weighted by Gasteiger charge is 2.36. The molecule has 2 heterocycles. The minimum Gasteiger partial charge on any atom is -0.345 e. The number of hydrogen-bond acceptors (Lipinski definition) is 4. The first-order chi connectivity index (χ1) is 21.6. The average Bonchev–Trinajstić information content (AvgIpc) is 3.44. The summed E-state index contributed by atoms with van der Waals surface area (Å²) in [4.78, 5) is 7.67. The van der Waals surface area contributed by atoms with Crippen molar-refractivity contribution in [3.63, 3.8) is 0 Å². The van der Waals surface area contributed by atoms with Crippen LogP contribution in [0.15, 0.2) is 121 Å². The van der Waals surface area contributed by atoms with E-state index in [-0.39, 0.29) is 5.41 Å². The molecule has 6 rings (SSSR count). The summed E-state index contributed by atoms with van der Waals surface area (Å²) >= 11 is 0. The molecule has 0 unspecified atom stereocenters. The first-order valence-corrected chi connectivity index (χ1v) is 15.8. The Kier molecular flexibility index (Phi) is 9.67. The molecule has 0 N–H and O–H groups in total. The highest BCUT2D eigenvalue weighted by atomic mass is 16.7. The monoisotopic (exact) mass is 585 g/mol. The molecule has 1 saturated heterocycles. The molecule has 0 bridgehead atoms. The molecule has 4 aromatic carbocycles. The van der Waals surface area contributed by atoms with Crippen LogP contribution in [0.3, 0.4) is 0 Å². The Labute approximate surface area is 262 Å². The van der Waals surface area contributed by atoms with Crippen molar-refractivity contribution in [2.45, 2.75) is 45.6 Å². The van der Waals surface area contributed by atoms with E-state index in [0.29, 0.717) is 19.8 Å². The van der Waals surface area contributed by atoms with Gasteiger partial charge in [-0.2, -0.15) is 0 Å². The van der Waals surface area contributed by atoms with E-state index in [9.17, 15) is 0 Å². The smallest absolute Gasteiger partial charge is 0.217 e. The van der Waals surface area contributed by atoms with Crippen molar-refractivity contribution in [2.75, 3.05) is 26.8 Å². The molecule has 1 fully saturated rings. The van der Waals surface area contributed by atoms with Crippen molar-refractivity contribution in [1.29, 1.82) is 0 Å². The maximum absolute atomic E-state index is 6.54. The molecular weight excluding hydrogens is 542 g/mol. The van der Waals surface area contributed by atoms with E-state index in [4.69, 9.17) is 14.5 Å². The lowest BCUT2D eigenvalue weighted by Gasteiger charge is -2.37. The van der Waals surface area contributed by atoms with Crippen molar-refractivity contribution < 1.29 is 9.47 Å². The van der Waals surface area contributed by atoms with E-state index in [1.165, 1.54) is 11.1 Å². The molecule has 1 aromatic heterocycles. The lowest BCUT2D eigenvalue weighted by Crippen LogP contribution is -2.37. The predicted molar refractivity (Wildman–Crippen MR) is 178 cm³/mol. The standard InChI is InChI=1S/C39H43N3O2/c1-39(25-15-16-26-41(2)27-31-17-7-3-8-18-31)29-43-38(44-30-39)37-40-35(33-21-11-5-12-22-33)36(34-23-13-6-14-24-34)42(37)28-32-19-9-4-10-20-32/h3-14,17-24,38H,15-16,25-30H2,1-2H3. The average molecular weight is 586 g/mol. The van der Waals surface area contributed by atoms with Gasteiger partial charge in [-0.25, -0.2) is 4.98 Å². The van der Waals surface area contributed by atoms with Crippen LogP contribution in [0.2, 0.25) is 0 Å². The largest absolute Gasteiger partial charge is 0.345 e. The summed E-state index contributed by atoms with van der Waals surface area (Å²) in [6, 6.07) is 42.2. The fourth-order valence-electron chi connectivity index (χ4n) is 6.11. The predicted octanol–water partition coefficient (Wildman–Crippen LogP) is 8.62. The summed E-state index contributed by atoms with van der Waals surface area (Å²) in [7, 11) is 2.21. The molecule has 0 spiro atoms. The molecule has 5 heteroatoms. The van der Waals surface area contributed by atoms with Gasteiger partial charge < -0.3 is 18.9 Å². The number of aromatic nitrogens is 2. The number of ether oxygens (including phenoxy) is 2. The first-order valence-electron chi connectivity index (χ1n) is 15.8. The van der Waals surface area contributed by atoms with E-state index in [2.05, 4.69) is 139 Å². The SMILES string of the molecule is CN(CCCCC1(C)COC(c2nc(-c3ccccc3)c(-c3ccccc3)n2Cc2ccccc2)OC1)Cc1ccccc1. The third kappa shape index (κ3) is 7.36. The fraction of sp³-hybridized carbons (Fsp3) is 0.308. The topological polar surface area (TPSA) is 39.5 Å². The normalized spacial score (nSPS) is 18.5. The second-order valence-electron chi connectivity index (χ2n) is 12.4. The number of hydrogen-bond donors (Lipinski definition) is 0. The molecule has 1 aliphatic heterocycles. The highest BCUT2D eigenvalue weighted by molar-refractivity contribution is 5.79. The summed E-state index contributed by atoms with van der Waals surface area (Å²) in [6.07, 6.45) is 2.85. The Morgan fingerprint density at radius 1 is 0.727 bits per heavy atom. The third-order valence-electron chi connectivity index (χ3n) is 8.52. The van der Waals surface area contributed by atoms with Crippen LogP contribution in [-0.2, 0) is 22.6 Å². The third-order valence-corrected chi connectivity index (χ3v) is 8.52. The zero-order valence-corrected chi connectivity index (χ0v) is 25.9. The van der Waals surface area contributed by atoms with Gasteiger partial charge in [0.2, 0.25) is 6.29 Å². The Balaban J connectivity index is 1.18. The Bertz CT molecular complexity index is 1580. The summed E-state index contributed by atoms with van der Waals surface area (Å²) in [5.74, 6) is 0.816. The molecule has 226 valence electrons. The minimum absolute atomic E-state index is 0.0180. The van der Waals surface area contributed by atoms with Gasteiger partial charge in [-0.3, -0.25) is 0 Å². The minimum atomic E-state index is -0.524. The quantitative estimate of drug-likeness (QED) is 0.137. The van der Waals surface area contributed by atoms with Crippen LogP contribution in [0.4, 0.5) is 0 Å². The number of rotatable bonds is 12. The van der Waals surface area contributed by atoms with E-state index in [1.54, 1.807) is 0 Å². The molecule has 0 saturated carbocycles. The molecule has 1 aliphatic rings. The molecule has 0 amide bonds. The van der Waals surface area contributed by atoms with E-state index >= 15 is 0 Å². The maximum Gasteiger partial charge on any atom is 0.217 e. The van der Waals surface area contributed by atoms with Crippen molar-refractivity contribution in [1.82, 2.24) is 14.5 Å². The van der Waals surface area contributed by atoms with Gasteiger partial charge in [0.05, 0.1) is 24.6 Å². The van der Waals surface area contributed by atoms with Gasteiger partial charge in [0.1, 0.15) is 0 Å². The molecular formula is C39H43N3O2. The fourth-order valence-corrected chi connectivity index (χ4v) is 6.11. The van der Waals surface area contributed by atoms with Gasteiger partial charge in [-0.15, -0.1) is 0 Å². The number of benzene rings is 4. The van der Waals surface area contributed by atoms with Gasteiger partial charge in [-0.05, 0) is 37.6 Å². The van der Waals surface area contributed by atoms with Crippen LogP contribution in [0, 0.1) is 5.41 Å². The Morgan fingerprint density at radius 3 is 1.89 bits per heavy atom. The molecule has 5 nitrogen and oxygen atoms in total. The van der Waals surface area contributed by atoms with Crippen molar-refractivity contribution in [2.24, 2.45) is 5.41 Å². The molecule has 0 radical (unpaired) electrons. The Hall–Kier alpha value is -4.03. The zero-order valence-electron chi connectivity index (χ0n) is 25.9. The van der Waals surface area contributed by atoms with E-state index in [0.717, 1.165) is 60.7 Å². The maximum atomic E-state index is 6.54. The van der Waals surface area contributed by atoms with Crippen LogP contribution in [-0.4, -0.2) is 41.3 Å². The molecule has 5 aromatic rings. The van der Waals surface area contributed by atoms with Gasteiger partial charge in [-0.1, -0.05) is 135 Å². The molecule has 44 heavy (non-hydrogen) atoms. The lowest BCUT2D eigenvalue weighted by atomic mass is 9.86. The van der Waals surface area contributed by atoms with E-state index < -0.39 is 6.29 Å². The Morgan fingerprint density at radius 2 is 1.27 bits per heavy atom. The number of nitrogens with zero attached hydrogens (tertiary/aromatic N) is 3. The van der Waals surface area contributed by atoms with Crippen LogP contribution >= 0.6 is 0 Å². The molecule has 0 aliphatic carbocycles. The van der Waals surface area contributed by atoms with Gasteiger partial charge in [0.25, 0.3) is 0 Å². The summed E-state index contributed by atoms with van der Waals surface area (Å²) in [5.41, 5.74) is 6.78. The second-order valence-corrected chi connectivity index (χ2v) is 12.4. The first kappa shape index (κ1) is 30.0. The van der Waals surface area contributed by atoms with Crippen LogP contribution in [0.1, 0.15) is 49.4 Å².